The van der Waals surface area contributed by atoms with Crippen LogP contribution in [-0.2, 0) is 0 Å². The van der Waals surface area contributed by atoms with Crippen LogP contribution >= 0.6 is 0 Å². The zero-order chi connectivity index (χ0) is 16.2. The molecule has 122 valence electrons. The number of hydrogen-bond donors (Lipinski definition) is 1. The van der Waals surface area contributed by atoms with Crippen molar-refractivity contribution in [3.8, 4) is 0 Å². The van der Waals surface area contributed by atoms with Gasteiger partial charge in [-0.05, 0) is 45.7 Å². The van der Waals surface area contributed by atoms with Gasteiger partial charge in [-0.1, -0.05) is 6.07 Å². The van der Waals surface area contributed by atoms with Gasteiger partial charge in [0.1, 0.15) is 11.6 Å². The second-order valence-corrected chi connectivity index (χ2v) is 6.32. The molecule has 1 unspecified atom stereocenters. The summed E-state index contributed by atoms with van der Waals surface area (Å²) in [5.74, 6) is 1.91. The summed E-state index contributed by atoms with van der Waals surface area (Å²) in [4.78, 5) is 15.7. The summed E-state index contributed by atoms with van der Waals surface area (Å²) in [6.07, 6.45) is 4.11. The van der Waals surface area contributed by atoms with Gasteiger partial charge in [0.15, 0.2) is 0 Å². The van der Waals surface area contributed by atoms with E-state index in [9.17, 15) is 0 Å². The number of aryl methyl sites for hydroxylation is 2. The molecule has 1 aliphatic rings. The summed E-state index contributed by atoms with van der Waals surface area (Å²) in [5, 5.41) is 3.71. The summed E-state index contributed by atoms with van der Waals surface area (Å²) in [5.41, 5.74) is 2.15. The molecule has 1 saturated heterocycles. The summed E-state index contributed by atoms with van der Waals surface area (Å²) in [6.45, 7) is 8.23. The van der Waals surface area contributed by atoms with Gasteiger partial charge in [-0.3, -0.25) is 4.98 Å². The Balaban J connectivity index is 1.56. The number of hydrogen-bond acceptors (Lipinski definition) is 5. The molecule has 0 radical (unpaired) electrons. The number of aromatic nitrogens is 3. The summed E-state index contributed by atoms with van der Waals surface area (Å²) in [6, 6.07) is 8.99. The first kappa shape index (κ1) is 15.9. The molecule has 1 fully saturated rings. The van der Waals surface area contributed by atoms with E-state index in [2.05, 4.69) is 44.2 Å². The summed E-state index contributed by atoms with van der Waals surface area (Å²) < 4.78 is 0. The minimum absolute atomic E-state index is 0.288. The average Bonchev–Trinajstić information content (AvgIpc) is 2.55. The van der Waals surface area contributed by atoms with Crippen molar-refractivity contribution in [1.82, 2.24) is 20.3 Å². The molecular weight excluding hydrogens is 286 g/mol. The highest BCUT2D eigenvalue weighted by Gasteiger charge is 2.22. The first-order valence-electron chi connectivity index (χ1n) is 8.36. The molecule has 23 heavy (non-hydrogen) atoms. The fourth-order valence-electron chi connectivity index (χ4n) is 3.21. The van der Waals surface area contributed by atoms with Crippen molar-refractivity contribution < 1.29 is 0 Å². The van der Waals surface area contributed by atoms with Crippen LogP contribution in [0.3, 0.4) is 0 Å². The van der Waals surface area contributed by atoms with Crippen LogP contribution in [-0.4, -0.2) is 34.1 Å². The van der Waals surface area contributed by atoms with Crippen molar-refractivity contribution in [3.63, 3.8) is 0 Å². The second-order valence-electron chi connectivity index (χ2n) is 6.32. The zero-order valence-electron chi connectivity index (χ0n) is 14.2. The van der Waals surface area contributed by atoms with Gasteiger partial charge in [-0.2, -0.15) is 0 Å². The van der Waals surface area contributed by atoms with E-state index in [-0.39, 0.29) is 6.04 Å². The first-order valence-corrected chi connectivity index (χ1v) is 8.36. The first-order chi connectivity index (χ1) is 11.1. The van der Waals surface area contributed by atoms with Crippen molar-refractivity contribution in [3.05, 3.63) is 47.7 Å². The average molecular weight is 311 g/mol. The largest absolute Gasteiger partial charge is 0.356 e. The van der Waals surface area contributed by atoms with E-state index in [0.717, 1.165) is 49.0 Å². The third kappa shape index (κ3) is 4.05. The number of piperidine rings is 1. The Morgan fingerprint density at radius 3 is 2.61 bits per heavy atom. The molecule has 0 saturated carbocycles. The van der Waals surface area contributed by atoms with Crippen molar-refractivity contribution in [2.45, 2.75) is 45.7 Å². The normalized spacial score (nSPS) is 17.3. The topological polar surface area (TPSA) is 53.9 Å². The summed E-state index contributed by atoms with van der Waals surface area (Å²) in [7, 11) is 0. The van der Waals surface area contributed by atoms with Crippen molar-refractivity contribution in [1.29, 1.82) is 0 Å². The van der Waals surface area contributed by atoms with Gasteiger partial charge < -0.3 is 10.2 Å². The molecule has 0 aromatic carbocycles. The van der Waals surface area contributed by atoms with Gasteiger partial charge in [0, 0.05) is 43.1 Å². The number of nitrogens with one attached hydrogen (secondary N) is 1. The van der Waals surface area contributed by atoms with Gasteiger partial charge >= 0.3 is 0 Å². The third-order valence-electron chi connectivity index (χ3n) is 4.39. The van der Waals surface area contributed by atoms with Gasteiger partial charge in [0.2, 0.25) is 0 Å². The Bertz CT molecular complexity index is 615. The van der Waals surface area contributed by atoms with Crippen LogP contribution in [0.1, 0.15) is 43.0 Å². The number of nitrogens with zero attached hydrogens (tertiary/aromatic N) is 4. The van der Waals surface area contributed by atoms with Crippen molar-refractivity contribution in [2.24, 2.45) is 0 Å². The van der Waals surface area contributed by atoms with E-state index in [4.69, 9.17) is 0 Å². The maximum Gasteiger partial charge on any atom is 0.132 e. The zero-order valence-corrected chi connectivity index (χ0v) is 14.2. The van der Waals surface area contributed by atoms with Crippen molar-refractivity contribution >= 4 is 5.82 Å². The lowest BCUT2D eigenvalue weighted by Crippen LogP contribution is -2.43. The van der Waals surface area contributed by atoms with Gasteiger partial charge in [0.25, 0.3) is 0 Å². The SMILES string of the molecule is Cc1cc(N2CCC(NC(C)c3ccccn3)CC2)nc(C)n1. The van der Waals surface area contributed by atoms with Crippen LogP contribution in [0.25, 0.3) is 0 Å². The van der Waals surface area contributed by atoms with Gasteiger partial charge in [0.05, 0.1) is 5.69 Å². The number of pyridine rings is 1. The molecule has 0 amide bonds. The van der Waals surface area contributed by atoms with E-state index in [0.29, 0.717) is 6.04 Å². The lowest BCUT2D eigenvalue weighted by molar-refractivity contribution is 0.376. The molecule has 0 spiro atoms. The molecule has 2 aromatic heterocycles. The Hall–Kier alpha value is -2.01. The van der Waals surface area contributed by atoms with E-state index < -0.39 is 0 Å². The molecule has 3 heterocycles. The molecule has 1 atom stereocenters. The fourth-order valence-corrected chi connectivity index (χ4v) is 3.21. The van der Waals surface area contributed by atoms with Crippen LogP contribution in [0.2, 0.25) is 0 Å². The van der Waals surface area contributed by atoms with E-state index in [1.165, 1.54) is 0 Å². The highest BCUT2D eigenvalue weighted by atomic mass is 15.2. The smallest absolute Gasteiger partial charge is 0.132 e. The lowest BCUT2D eigenvalue weighted by Gasteiger charge is -2.34. The molecule has 2 aromatic rings. The molecule has 3 rings (SSSR count). The van der Waals surface area contributed by atoms with Gasteiger partial charge in [-0.25, -0.2) is 9.97 Å². The molecular formula is C18H25N5. The predicted octanol–water partition coefficient (Wildman–Crippen LogP) is 2.81. The van der Waals surface area contributed by atoms with E-state index in [1.54, 1.807) is 0 Å². The lowest BCUT2D eigenvalue weighted by atomic mass is 10.0. The Morgan fingerprint density at radius 2 is 1.96 bits per heavy atom. The molecule has 1 N–H and O–H groups in total. The monoisotopic (exact) mass is 311 g/mol. The van der Waals surface area contributed by atoms with Crippen LogP contribution in [0.4, 0.5) is 5.82 Å². The fraction of sp³-hybridized carbons (Fsp3) is 0.500. The predicted molar refractivity (Wildman–Crippen MR) is 92.5 cm³/mol. The van der Waals surface area contributed by atoms with Crippen LogP contribution in [0, 0.1) is 13.8 Å². The maximum absolute atomic E-state index is 4.58. The summed E-state index contributed by atoms with van der Waals surface area (Å²) >= 11 is 0. The maximum atomic E-state index is 4.58. The minimum atomic E-state index is 0.288. The number of rotatable bonds is 4. The second kappa shape index (κ2) is 7.04. The molecule has 5 heteroatoms. The Morgan fingerprint density at radius 1 is 1.17 bits per heavy atom. The Labute approximate surface area is 138 Å². The van der Waals surface area contributed by atoms with Crippen LogP contribution in [0.5, 0.6) is 0 Å². The third-order valence-corrected chi connectivity index (χ3v) is 4.39. The molecule has 0 bridgehead atoms. The van der Waals surface area contributed by atoms with E-state index >= 15 is 0 Å². The molecule has 5 nitrogen and oxygen atoms in total. The molecule has 0 aliphatic carbocycles. The minimum Gasteiger partial charge on any atom is -0.356 e. The van der Waals surface area contributed by atoms with Gasteiger partial charge in [-0.15, -0.1) is 0 Å². The molecule has 1 aliphatic heterocycles. The quantitative estimate of drug-likeness (QED) is 0.941. The van der Waals surface area contributed by atoms with Crippen LogP contribution < -0.4 is 10.2 Å². The highest BCUT2D eigenvalue weighted by Crippen LogP contribution is 2.20. The highest BCUT2D eigenvalue weighted by molar-refractivity contribution is 5.40. The standard InChI is InChI=1S/C18H25N5/c1-13-12-18(22-15(3)20-13)23-10-7-16(8-11-23)21-14(2)17-6-4-5-9-19-17/h4-6,9,12,14,16,21H,7-8,10-11H2,1-3H3. The van der Waals surface area contributed by atoms with Crippen LogP contribution in [0.15, 0.2) is 30.5 Å². The van der Waals surface area contributed by atoms with Crippen molar-refractivity contribution in [2.75, 3.05) is 18.0 Å². The van der Waals surface area contributed by atoms with E-state index in [1.807, 2.05) is 32.2 Å². The Kier molecular flexibility index (Phi) is 4.86. The number of anilines is 1.